The van der Waals surface area contributed by atoms with E-state index >= 15 is 0 Å². The molecule has 1 aromatic heterocycles. The van der Waals surface area contributed by atoms with Crippen LogP contribution in [-0.2, 0) is 24.1 Å². The molecule has 0 amide bonds. The molecule has 1 saturated heterocycles. The summed E-state index contributed by atoms with van der Waals surface area (Å²) < 4.78 is 41.6. The summed E-state index contributed by atoms with van der Waals surface area (Å²) >= 11 is 0. The second-order valence-electron chi connectivity index (χ2n) is 13.3. The maximum Gasteiger partial charge on any atom is 0.330 e. The molecule has 0 bridgehead atoms. The molecule has 0 radical (unpaired) electrons. The molecule has 12 nitrogen and oxygen atoms in total. The van der Waals surface area contributed by atoms with Gasteiger partial charge in [0.05, 0.1) is 46.0 Å². The van der Waals surface area contributed by atoms with Crippen molar-refractivity contribution in [1.29, 1.82) is 5.26 Å². The van der Waals surface area contributed by atoms with E-state index in [1.807, 2.05) is 78.9 Å². The van der Waals surface area contributed by atoms with Crippen LogP contribution in [0.2, 0.25) is 0 Å². The Morgan fingerprint density at radius 2 is 1.49 bits per heavy atom. The van der Waals surface area contributed by atoms with Crippen molar-refractivity contribution in [3.63, 3.8) is 0 Å². The average molecular weight is 745 g/mol. The van der Waals surface area contributed by atoms with Gasteiger partial charge in [0.1, 0.15) is 29.4 Å². The zero-order valence-corrected chi connectivity index (χ0v) is 32.2. The number of nitrogens with zero attached hydrogens (tertiary/aromatic N) is 3. The van der Waals surface area contributed by atoms with Crippen molar-refractivity contribution < 1.29 is 28.0 Å². The van der Waals surface area contributed by atoms with Gasteiger partial charge in [-0.05, 0) is 75.6 Å². The predicted molar refractivity (Wildman–Crippen MR) is 203 cm³/mol. The summed E-state index contributed by atoms with van der Waals surface area (Å²) in [4.78, 5) is 27.8. The van der Waals surface area contributed by atoms with Gasteiger partial charge in [-0.1, -0.05) is 54.6 Å². The molecular weight excluding hydrogens is 695 g/mol. The summed E-state index contributed by atoms with van der Waals surface area (Å²) in [5, 5.41) is 9.29. The van der Waals surface area contributed by atoms with Crippen molar-refractivity contribution in [3.05, 3.63) is 128 Å². The Kier molecular flexibility index (Phi) is 13.6. The van der Waals surface area contributed by atoms with E-state index in [-0.39, 0.29) is 38.1 Å². The van der Waals surface area contributed by atoms with Crippen molar-refractivity contribution in [3.8, 4) is 17.6 Å². The Labute approximate surface area is 312 Å². The largest absolute Gasteiger partial charge is 0.497 e. The van der Waals surface area contributed by atoms with E-state index in [4.69, 9.17) is 28.0 Å². The minimum absolute atomic E-state index is 0.0376. The van der Waals surface area contributed by atoms with Gasteiger partial charge in [-0.2, -0.15) is 5.26 Å². The summed E-state index contributed by atoms with van der Waals surface area (Å²) in [6.45, 7) is 10.2. The monoisotopic (exact) mass is 744 g/mol. The first-order chi connectivity index (χ1) is 25.5. The van der Waals surface area contributed by atoms with Crippen molar-refractivity contribution in [1.82, 2.24) is 14.2 Å². The van der Waals surface area contributed by atoms with Crippen molar-refractivity contribution in [2.75, 3.05) is 27.4 Å². The van der Waals surface area contributed by atoms with E-state index in [2.05, 4.69) is 43.4 Å². The zero-order valence-electron chi connectivity index (χ0n) is 31.4. The second-order valence-corrected chi connectivity index (χ2v) is 14.8. The molecule has 4 aromatic rings. The first-order valence-corrected chi connectivity index (χ1v) is 18.9. The molecule has 1 aliphatic rings. The van der Waals surface area contributed by atoms with Gasteiger partial charge in [-0.25, -0.2) is 9.46 Å². The Morgan fingerprint density at radius 3 is 2.02 bits per heavy atom. The van der Waals surface area contributed by atoms with Crippen LogP contribution in [0.4, 0.5) is 0 Å². The molecule has 53 heavy (non-hydrogen) atoms. The number of aromatic nitrogens is 2. The van der Waals surface area contributed by atoms with Gasteiger partial charge in [0.2, 0.25) is 0 Å². The first-order valence-electron chi connectivity index (χ1n) is 17.7. The number of aryl methyl sites for hydroxylation is 1. The van der Waals surface area contributed by atoms with Crippen molar-refractivity contribution >= 4 is 8.53 Å². The number of hydrogen-bond acceptors (Lipinski definition) is 10. The maximum atomic E-state index is 13.1. The molecule has 1 N–H and O–H groups in total. The van der Waals surface area contributed by atoms with E-state index in [1.165, 1.54) is 10.8 Å². The van der Waals surface area contributed by atoms with Gasteiger partial charge in [-0.3, -0.25) is 14.3 Å². The molecular formula is C40H49N4O8P. The molecule has 1 fully saturated rings. The van der Waals surface area contributed by atoms with Gasteiger partial charge < -0.3 is 28.0 Å². The third-order valence-corrected chi connectivity index (χ3v) is 11.3. The minimum Gasteiger partial charge on any atom is -0.497 e. The van der Waals surface area contributed by atoms with Crippen LogP contribution >= 0.6 is 8.53 Å². The average Bonchev–Trinajstić information content (AvgIpc) is 3.56. The second kappa shape index (κ2) is 18.1. The van der Waals surface area contributed by atoms with E-state index in [9.17, 15) is 14.9 Å². The van der Waals surface area contributed by atoms with Gasteiger partial charge in [-0.15, -0.1) is 0 Å². The number of H-pyrrole nitrogens is 1. The Bertz CT molecular complexity index is 1870. The molecule has 3 aromatic carbocycles. The molecule has 0 spiro atoms. The number of methoxy groups -OCH3 is 2. The van der Waals surface area contributed by atoms with Crippen LogP contribution < -0.4 is 20.7 Å². The fourth-order valence-corrected chi connectivity index (χ4v) is 8.38. The highest BCUT2D eigenvalue weighted by molar-refractivity contribution is 7.44. The molecule has 0 aliphatic carbocycles. The lowest BCUT2D eigenvalue weighted by Crippen LogP contribution is -2.39. The third-order valence-electron chi connectivity index (χ3n) is 9.16. The molecule has 282 valence electrons. The van der Waals surface area contributed by atoms with Crippen LogP contribution in [0.15, 0.2) is 94.6 Å². The fourth-order valence-electron chi connectivity index (χ4n) is 6.62. The number of nitriles is 1. The lowest BCUT2D eigenvalue weighted by molar-refractivity contribution is -0.0926. The van der Waals surface area contributed by atoms with Crippen LogP contribution in [0.3, 0.4) is 0 Å². The van der Waals surface area contributed by atoms with Crippen LogP contribution in [0.5, 0.6) is 11.5 Å². The summed E-state index contributed by atoms with van der Waals surface area (Å²) in [6.07, 6.45) is -0.0783. The number of benzene rings is 3. The van der Waals surface area contributed by atoms with E-state index in [1.54, 1.807) is 21.1 Å². The number of nitrogens with one attached hydrogen (secondary N) is 1. The van der Waals surface area contributed by atoms with Crippen molar-refractivity contribution in [2.24, 2.45) is 0 Å². The fraction of sp³-hybridized carbons (Fsp3) is 0.425. The summed E-state index contributed by atoms with van der Waals surface area (Å²) in [5.74, 6) is 1.40. The predicted octanol–water partition coefficient (Wildman–Crippen LogP) is 6.82. The number of rotatable bonds is 17. The molecule has 5 rings (SSSR count). The SMILES string of the molecule is COc1ccc(C(OC[C@@H]2O[C@@H](n3cc(C)c(=O)[nH]c3=O)C[C@H]2OP(OCCC#N)N(C(C)C)C(C)C)(c2ccccc2)c2ccc(OC)cc2)cc1. The Balaban J connectivity index is 1.60. The normalized spacial score (nSPS) is 18.0. The highest BCUT2D eigenvalue weighted by atomic mass is 31.2. The van der Waals surface area contributed by atoms with Crippen LogP contribution in [0.1, 0.15) is 69.0 Å². The lowest BCUT2D eigenvalue weighted by atomic mass is 9.80. The van der Waals surface area contributed by atoms with Gasteiger partial charge in [0.15, 0.2) is 0 Å². The maximum absolute atomic E-state index is 13.1. The third kappa shape index (κ3) is 9.07. The van der Waals surface area contributed by atoms with Gasteiger partial charge in [0, 0.05) is 30.3 Å². The van der Waals surface area contributed by atoms with Crippen LogP contribution in [-0.4, -0.2) is 65.9 Å². The smallest absolute Gasteiger partial charge is 0.330 e. The molecule has 0 saturated carbocycles. The molecule has 1 aliphatic heterocycles. The standard InChI is InChI=1S/C40H49N4O8P/c1-27(2)44(28(3)4)53(50-23-11-22-41)52-35-24-37(43-25-29(5)38(45)42-39(43)46)51-36(35)26-49-40(30-12-9-8-10-13-30,31-14-18-33(47-6)19-15-31)32-16-20-34(48-7)21-17-32/h8-10,12-21,25,27-28,35-37H,11,23-24,26H2,1-7H3,(H,42,45,46)/t35-,36+,37-,53?/m1/s1. The summed E-state index contributed by atoms with van der Waals surface area (Å²) in [7, 11) is 1.59. The molecule has 2 heterocycles. The lowest BCUT2D eigenvalue weighted by Gasteiger charge is -2.39. The number of hydrogen-bond donors (Lipinski definition) is 1. The summed E-state index contributed by atoms with van der Waals surface area (Å²) in [6, 6.07) is 27.8. The molecule has 13 heteroatoms. The number of ether oxygens (including phenoxy) is 4. The quantitative estimate of drug-likeness (QED) is 0.0697. The van der Waals surface area contributed by atoms with Gasteiger partial charge in [0.25, 0.3) is 14.1 Å². The Hall–Kier alpha value is -4.34. The van der Waals surface area contributed by atoms with E-state index < -0.39 is 43.8 Å². The van der Waals surface area contributed by atoms with Crippen LogP contribution in [0.25, 0.3) is 0 Å². The minimum atomic E-state index is -1.67. The zero-order chi connectivity index (χ0) is 38.1. The Morgan fingerprint density at radius 1 is 0.925 bits per heavy atom. The molecule has 4 atom stereocenters. The first kappa shape index (κ1) is 39.9. The van der Waals surface area contributed by atoms with E-state index in [0.29, 0.717) is 17.1 Å². The number of aromatic amines is 1. The van der Waals surface area contributed by atoms with Crippen LogP contribution in [0, 0.1) is 18.3 Å². The van der Waals surface area contributed by atoms with Crippen molar-refractivity contribution in [2.45, 2.75) is 83.6 Å². The molecule has 1 unspecified atom stereocenters. The summed E-state index contributed by atoms with van der Waals surface area (Å²) in [5.41, 5.74) is 0.779. The van der Waals surface area contributed by atoms with E-state index in [0.717, 1.165) is 16.7 Å². The van der Waals surface area contributed by atoms with Gasteiger partial charge >= 0.3 is 5.69 Å². The highest BCUT2D eigenvalue weighted by Crippen LogP contribution is 2.50. The topological polar surface area (TPSA) is 137 Å². The highest BCUT2D eigenvalue weighted by Gasteiger charge is 2.45.